The Hall–Kier alpha value is -1.10. The largest absolute Gasteiger partial charge is 0.481 e. The number of carboxylic acids is 1. The zero-order valence-corrected chi connectivity index (χ0v) is 10.7. The lowest BCUT2D eigenvalue weighted by molar-refractivity contribution is -0.140. The average molecular weight is 254 g/mol. The predicted octanol–water partition coefficient (Wildman–Crippen LogP) is 0.970. The molecule has 0 aromatic rings. The smallest absolute Gasteiger partial charge is 0.305 e. The molecule has 18 heavy (non-hydrogen) atoms. The van der Waals surface area contributed by atoms with Crippen LogP contribution >= 0.6 is 0 Å². The minimum absolute atomic E-state index is 0.0319. The maximum absolute atomic E-state index is 12.5. The molecule has 0 spiro atoms. The zero-order valence-electron chi connectivity index (χ0n) is 10.7. The van der Waals surface area contributed by atoms with Crippen LogP contribution < -0.4 is 5.73 Å². The average Bonchev–Trinajstić information content (AvgIpc) is 3.13. The van der Waals surface area contributed by atoms with Gasteiger partial charge in [-0.2, -0.15) is 0 Å². The Bertz CT molecular complexity index is 328. The molecule has 0 aliphatic heterocycles. The summed E-state index contributed by atoms with van der Waals surface area (Å²) >= 11 is 0. The Labute approximate surface area is 107 Å². The number of hydrogen-bond donors (Lipinski definition) is 2. The lowest BCUT2D eigenvalue weighted by Gasteiger charge is -2.33. The number of amides is 1. The fourth-order valence-corrected chi connectivity index (χ4v) is 2.75. The van der Waals surface area contributed by atoms with Crippen molar-refractivity contribution in [2.75, 3.05) is 6.54 Å². The number of carbonyl (C=O) groups is 2. The number of nitrogens with zero attached hydrogens (tertiary/aromatic N) is 1. The number of aliphatic carboxylic acids is 1. The molecule has 2 atom stereocenters. The monoisotopic (exact) mass is 254 g/mol. The van der Waals surface area contributed by atoms with Crippen LogP contribution in [0.5, 0.6) is 0 Å². The first-order chi connectivity index (χ1) is 8.59. The van der Waals surface area contributed by atoms with Crippen LogP contribution in [0.3, 0.4) is 0 Å². The molecule has 2 saturated carbocycles. The summed E-state index contributed by atoms with van der Waals surface area (Å²) in [7, 11) is 0. The first-order valence-electron chi connectivity index (χ1n) is 6.87. The van der Waals surface area contributed by atoms with Gasteiger partial charge >= 0.3 is 5.97 Å². The fraction of sp³-hybridized carbons (Fsp3) is 0.846. The summed E-state index contributed by atoms with van der Waals surface area (Å²) in [6.45, 7) is 0.335. The SMILES string of the molecule is NC1CCCCC1C(=O)N(CCC(=O)O)C1CC1. The summed E-state index contributed by atoms with van der Waals surface area (Å²) in [5.74, 6) is -0.847. The Kier molecular flexibility index (Phi) is 4.22. The number of hydrogen-bond acceptors (Lipinski definition) is 3. The third-order valence-electron chi connectivity index (χ3n) is 3.97. The van der Waals surface area contributed by atoms with Crippen molar-refractivity contribution in [3.63, 3.8) is 0 Å². The molecule has 2 aliphatic rings. The van der Waals surface area contributed by atoms with Gasteiger partial charge in [0, 0.05) is 18.6 Å². The van der Waals surface area contributed by atoms with Crippen molar-refractivity contribution in [3.05, 3.63) is 0 Å². The van der Waals surface area contributed by atoms with Gasteiger partial charge in [0.15, 0.2) is 0 Å². The molecule has 0 heterocycles. The number of carbonyl (C=O) groups excluding carboxylic acids is 1. The minimum Gasteiger partial charge on any atom is -0.481 e. The van der Waals surface area contributed by atoms with Crippen LogP contribution in [0.2, 0.25) is 0 Å². The highest BCUT2D eigenvalue weighted by Crippen LogP contribution is 2.31. The lowest BCUT2D eigenvalue weighted by atomic mass is 9.84. The molecule has 5 heteroatoms. The fourth-order valence-electron chi connectivity index (χ4n) is 2.75. The Balaban J connectivity index is 1.96. The molecule has 2 aliphatic carbocycles. The van der Waals surface area contributed by atoms with Gasteiger partial charge in [0.25, 0.3) is 0 Å². The van der Waals surface area contributed by atoms with Crippen LogP contribution in [0.4, 0.5) is 0 Å². The van der Waals surface area contributed by atoms with Crippen molar-refractivity contribution in [2.45, 2.75) is 57.0 Å². The number of rotatable bonds is 5. The lowest BCUT2D eigenvalue weighted by Crippen LogP contribution is -2.47. The molecule has 2 unspecified atom stereocenters. The van der Waals surface area contributed by atoms with Crippen LogP contribution in [0, 0.1) is 5.92 Å². The molecule has 0 bridgehead atoms. The molecule has 102 valence electrons. The Morgan fingerprint density at radius 1 is 1.17 bits per heavy atom. The summed E-state index contributed by atoms with van der Waals surface area (Å²) in [5, 5.41) is 8.75. The molecule has 3 N–H and O–H groups in total. The first kappa shape index (κ1) is 13.3. The molecular weight excluding hydrogens is 232 g/mol. The normalized spacial score (nSPS) is 27.8. The predicted molar refractivity (Wildman–Crippen MR) is 66.9 cm³/mol. The maximum Gasteiger partial charge on any atom is 0.305 e. The van der Waals surface area contributed by atoms with Crippen LogP contribution in [-0.2, 0) is 9.59 Å². The number of carboxylic acid groups (broad SMARTS) is 1. The minimum atomic E-state index is -0.846. The summed E-state index contributed by atoms with van der Waals surface area (Å²) in [5.41, 5.74) is 6.03. The van der Waals surface area contributed by atoms with E-state index in [1.165, 1.54) is 0 Å². The summed E-state index contributed by atoms with van der Waals surface area (Å²) in [6.07, 6.45) is 5.97. The highest BCUT2D eigenvalue weighted by Gasteiger charge is 2.38. The molecular formula is C13H22N2O3. The first-order valence-corrected chi connectivity index (χ1v) is 6.87. The van der Waals surface area contributed by atoms with Crippen molar-refractivity contribution < 1.29 is 14.7 Å². The third-order valence-corrected chi connectivity index (χ3v) is 3.97. The zero-order chi connectivity index (χ0) is 13.1. The second-order valence-corrected chi connectivity index (χ2v) is 5.46. The topological polar surface area (TPSA) is 83.6 Å². The Morgan fingerprint density at radius 2 is 1.83 bits per heavy atom. The van der Waals surface area contributed by atoms with Gasteiger partial charge in [0.2, 0.25) is 5.91 Å². The van der Waals surface area contributed by atoms with Crippen LogP contribution in [-0.4, -0.2) is 40.5 Å². The van der Waals surface area contributed by atoms with Crippen molar-refractivity contribution >= 4 is 11.9 Å². The van der Waals surface area contributed by atoms with Crippen LogP contribution in [0.25, 0.3) is 0 Å². The molecule has 2 fully saturated rings. The van der Waals surface area contributed by atoms with E-state index in [-0.39, 0.29) is 30.3 Å². The van der Waals surface area contributed by atoms with Crippen molar-refractivity contribution in [1.29, 1.82) is 0 Å². The van der Waals surface area contributed by atoms with E-state index in [1.807, 2.05) is 0 Å². The second kappa shape index (κ2) is 5.69. The van der Waals surface area contributed by atoms with Crippen molar-refractivity contribution in [2.24, 2.45) is 11.7 Å². The van der Waals surface area contributed by atoms with Gasteiger partial charge in [-0.25, -0.2) is 0 Å². The van der Waals surface area contributed by atoms with Gasteiger partial charge < -0.3 is 15.7 Å². The van der Waals surface area contributed by atoms with Gasteiger partial charge in [0.05, 0.1) is 12.3 Å². The van der Waals surface area contributed by atoms with Gasteiger partial charge in [-0.1, -0.05) is 12.8 Å². The van der Waals surface area contributed by atoms with E-state index in [4.69, 9.17) is 10.8 Å². The molecule has 0 aromatic carbocycles. The second-order valence-electron chi connectivity index (χ2n) is 5.46. The van der Waals surface area contributed by atoms with E-state index in [0.717, 1.165) is 38.5 Å². The summed E-state index contributed by atoms with van der Waals surface area (Å²) < 4.78 is 0. The van der Waals surface area contributed by atoms with Crippen molar-refractivity contribution in [3.8, 4) is 0 Å². The summed E-state index contributed by atoms with van der Waals surface area (Å²) in [4.78, 5) is 24.9. The van der Waals surface area contributed by atoms with Gasteiger partial charge in [-0.15, -0.1) is 0 Å². The number of nitrogens with two attached hydrogens (primary N) is 1. The highest BCUT2D eigenvalue weighted by molar-refractivity contribution is 5.81. The van der Waals surface area contributed by atoms with Crippen LogP contribution in [0.1, 0.15) is 44.9 Å². The van der Waals surface area contributed by atoms with E-state index in [9.17, 15) is 9.59 Å². The van der Waals surface area contributed by atoms with Gasteiger partial charge in [0.1, 0.15) is 0 Å². The van der Waals surface area contributed by atoms with Crippen LogP contribution in [0.15, 0.2) is 0 Å². The van der Waals surface area contributed by atoms with Gasteiger partial charge in [-0.3, -0.25) is 9.59 Å². The van der Waals surface area contributed by atoms with Gasteiger partial charge in [-0.05, 0) is 25.7 Å². The van der Waals surface area contributed by atoms with E-state index < -0.39 is 5.97 Å². The molecule has 0 aromatic heterocycles. The quantitative estimate of drug-likeness (QED) is 0.765. The van der Waals surface area contributed by atoms with Crippen molar-refractivity contribution in [1.82, 2.24) is 4.90 Å². The molecule has 1 amide bonds. The Morgan fingerprint density at radius 3 is 2.39 bits per heavy atom. The maximum atomic E-state index is 12.5. The molecule has 0 saturated heterocycles. The van der Waals surface area contributed by atoms with E-state index in [0.29, 0.717) is 6.54 Å². The van der Waals surface area contributed by atoms with E-state index in [2.05, 4.69) is 0 Å². The highest BCUT2D eigenvalue weighted by atomic mass is 16.4. The summed E-state index contributed by atoms with van der Waals surface area (Å²) in [6, 6.07) is 0.225. The van der Waals surface area contributed by atoms with E-state index >= 15 is 0 Å². The third kappa shape index (κ3) is 3.22. The standard InChI is InChI=1S/C13H22N2O3/c14-11-4-2-1-3-10(11)13(18)15(9-5-6-9)8-7-12(16)17/h9-11H,1-8,14H2,(H,16,17). The molecule has 5 nitrogen and oxygen atoms in total. The van der Waals surface area contributed by atoms with E-state index in [1.54, 1.807) is 4.90 Å². The molecule has 2 rings (SSSR count). The molecule has 0 radical (unpaired) electrons.